The lowest BCUT2D eigenvalue weighted by atomic mass is 9.82. The van der Waals surface area contributed by atoms with Crippen LogP contribution in [-0.4, -0.2) is 20.2 Å². The van der Waals surface area contributed by atoms with Crippen LogP contribution in [0.2, 0.25) is 0 Å². The maximum atomic E-state index is 5.27. The fourth-order valence-corrected chi connectivity index (χ4v) is 2.38. The Morgan fingerprint density at radius 3 is 3.00 bits per heavy atom. The fraction of sp³-hybridized carbons (Fsp3) is 0.538. The van der Waals surface area contributed by atoms with E-state index >= 15 is 0 Å². The van der Waals surface area contributed by atoms with Gasteiger partial charge in [0.15, 0.2) is 0 Å². The van der Waals surface area contributed by atoms with Gasteiger partial charge in [-0.25, -0.2) is 0 Å². The maximum absolute atomic E-state index is 5.27. The van der Waals surface area contributed by atoms with Crippen molar-refractivity contribution in [1.82, 2.24) is 5.32 Å². The normalized spacial score (nSPS) is 26.3. The SMILES string of the molecule is COc1cccc(C2CCNCC2C)c1. The Morgan fingerprint density at radius 2 is 2.27 bits per heavy atom. The molecule has 0 bridgehead atoms. The van der Waals surface area contributed by atoms with Crippen LogP contribution in [0.1, 0.15) is 24.8 Å². The van der Waals surface area contributed by atoms with Gasteiger partial charge in [-0.2, -0.15) is 0 Å². The standard InChI is InChI=1S/C13H19NO/c1-10-9-14-7-6-13(10)11-4-3-5-12(8-11)15-2/h3-5,8,10,13-14H,6-7,9H2,1-2H3. The van der Waals surface area contributed by atoms with E-state index in [1.807, 2.05) is 6.07 Å². The van der Waals surface area contributed by atoms with Gasteiger partial charge >= 0.3 is 0 Å². The lowest BCUT2D eigenvalue weighted by molar-refractivity contribution is 0.347. The zero-order valence-electron chi connectivity index (χ0n) is 9.49. The van der Waals surface area contributed by atoms with Gasteiger partial charge in [0.1, 0.15) is 5.75 Å². The van der Waals surface area contributed by atoms with Crippen molar-refractivity contribution in [3.63, 3.8) is 0 Å². The third-order valence-corrected chi connectivity index (χ3v) is 3.31. The molecule has 2 heteroatoms. The van der Waals surface area contributed by atoms with Crippen molar-refractivity contribution in [2.75, 3.05) is 20.2 Å². The van der Waals surface area contributed by atoms with E-state index < -0.39 is 0 Å². The van der Waals surface area contributed by atoms with Gasteiger partial charge in [0.05, 0.1) is 7.11 Å². The van der Waals surface area contributed by atoms with E-state index in [-0.39, 0.29) is 0 Å². The largest absolute Gasteiger partial charge is 0.497 e. The molecule has 1 aliphatic heterocycles. The third kappa shape index (κ3) is 2.32. The molecule has 0 saturated carbocycles. The Kier molecular flexibility index (Phi) is 3.27. The highest BCUT2D eigenvalue weighted by Gasteiger charge is 2.22. The Balaban J connectivity index is 2.19. The van der Waals surface area contributed by atoms with E-state index in [1.54, 1.807) is 7.11 Å². The van der Waals surface area contributed by atoms with Crippen LogP contribution in [0.5, 0.6) is 5.75 Å². The first-order chi connectivity index (χ1) is 7.31. The maximum Gasteiger partial charge on any atom is 0.119 e. The van der Waals surface area contributed by atoms with Crippen LogP contribution >= 0.6 is 0 Å². The molecule has 0 spiro atoms. The number of nitrogens with one attached hydrogen (secondary N) is 1. The van der Waals surface area contributed by atoms with Crippen LogP contribution in [0.15, 0.2) is 24.3 Å². The molecule has 1 aromatic rings. The van der Waals surface area contributed by atoms with E-state index in [0.29, 0.717) is 11.8 Å². The molecule has 1 aliphatic rings. The minimum atomic E-state index is 0.682. The highest BCUT2D eigenvalue weighted by molar-refractivity contribution is 5.31. The van der Waals surface area contributed by atoms with Gasteiger partial charge in [-0.1, -0.05) is 19.1 Å². The zero-order chi connectivity index (χ0) is 10.7. The molecule has 2 unspecified atom stereocenters. The molecule has 2 nitrogen and oxygen atoms in total. The van der Waals surface area contributed by atoms with Crippen LogP contribution in [0.25, 0.3) is 0 Å². The number of hydrogen-bond acceptors (Lipinski definition) is 2. The summed E-state index contributed by atoms with van der Waals surface area (Å²) in [4.78, 5) is 0. The first-order valence-corrected chi connectivity index (χ1v) is 5.66. The number of benzene rings is 1. The molecule has 0 aromatic heterocycles. The lowest BCUT2D eigenvalue weighted by Gasteiger charge is -2.30. The first kappa shape index (κ1) is 10.5. The fourth-order valence-electron chi connectivity index (χ4n) is 2.38. The molecule has 82 valence electrons. The van der Waals surface area contributed by atoms with Crippen molar-refractivity contribution in [3.05, 3.63) is 29.8 Å². The van der Waals surface area contributed by atoms with Crippen molar-refractivity contribution < 1.29 is 4.74 Å². The molecule has 15 heavy (non-hydrogen) atoms. The van der Waals surface area contributed by atoms with Crippen molar-refractivity contribution in [3.8, 4) is 5.75 Å². The molecular formula is C13H19NO. The van der Waals surface area contributed by atoms with Crippen molar-refractivity contribution in [2.45, 2.75) is 19.3 Å². The highest BCUT2D eigenvalue weighted by Crippen LogP contribution is 2.31. The first-order valence-electron chi connectivity index (χ1n) is 5.66. The van der Waals surface area contributed by atoms with E-state index in [9.17, 15) is 0 Å². The van der Waals surface area contributed by atoms with Crippen LogP contribution in [0, 0.1) is 5.92 Å². The van der Waals surface area contributed by atoms with Gasteiger partial charge in [-0.15, -0.1) is 0 Å². The Morgan fingerprint density at radius 1 is 1.40 bits per heavy atom. The van der Waals surface area contributed by atoms with Gasteiger partial charge in [0, 0.05) is 0 Å². The summed E-state index contributed by atoms with van der Waals surface area (Å²) in [6, 6.07) is 8.49. The Labute approximate surface area is 91.6 Å². The van der Waals surface area contributed by atoms with Crippen LogP contribution in [0.4, 0.5) is 0 Å². The second-order valence-corrected chi connectivity index (χ2v) is 4.35. The van der Waals surface area contributed by atoms with E-state index in [2.05, 4.69) is 30.4 Å². The number of hydrogen-bond donors (Lipinski definition) is 1. The van der Waals surface area contributed by atoms with E-state index in [4.69, 9.17) is 4.74 Å². The van der Waals surface area contributed by atoms with Crippen LogP contribution < -0.4 is 10.1 Å². The summed E-state index contributed by atoms with van der Waals surface area (Å²) in [6.45, 7) is 4.57. The summed E-state index contributed by atoms with van der Waals surface area (Å²) in [5, 5.41) is 3.43. The van der Waals surface area contributed by atoms with E-state index in [0.717, 1.165) is 18.8 Å². The number of methoxy groups -OCH3 is 1. The van der Waals surface area contributed by atoms with Gasteiger partial charge in [0.25, 0.3) is 0 Å². The summed E-state index contributed by atoms with van der Waals surface area (Å²) in [7, 11) is 1.73. The summed E-state index contributed by atoms with van der Waals surface area (Å²) in [6.07, 6.45) is 1.23. The van der Waals surface area contributed by atoms with Crippen molar-refractivity contribution in [2.24, 2.45) is 5.92 Å². The summed E-state index contributed by atoms with van der Waals surface area (Å²) in [5.74, 6) is 2.37. The predicted octanol–water partition coefficient (Wildman–Crippen LogP) is 2.41. The third-order valence-electron chi connectivity index (χ3n) is 3.31. The summed E-state index contributed by atoms with van der Waals surface area (Å²) >= 11 is 0. The quantitative estimate of drug-likeness (QED) is 0.800. The Hall–Kier alpha value is -1.02. The predicted molar refractivity (Wildman–Crippen MR) is 62.4 cm³/mol. The molecule has 2 atom stereocenters. The van der Waals surface area contributed by atoms with Crippen molar-refractivity contribution >= 4 is 0 Å². The number of rotatable bonds is 2. The molecule has 1 heterocycles. The minimum Gasteiger partial charge on any atom is -0.497 e. The Bertz CT molecular complexity index is 324. The summed E-state index contributed by atoms with van der Waals surface area (Å²) < 4.78 is 5.27. The molecular weight excluding hydrogens is 186 g/mol. The molecule has 0 radical (unpaired) electrons. The second-order valence-electron chi connectivity index (χ2n) is 4.35. The van der Waals surface area contributed by atoms with Gasteiger partial charge in [0.2, 0.25) is 0 Å². The topological polar surface area (TPSA) is 21.3 Å². The van der Waals surface area contributed by atoms with Gasteiger partial charge < -0.3 is 10.1 Å². The average molecular weight is 205 g/mol. The summed E-state index contributed by atoms with van der Waals surface area (Å²) in [5.41, 5.74) is 1.42. The molecule has 0 amide bonds. The minimum absolute atomic E-state index is 0.682. The lowest BCUT2D eigenvalue weighted by Crippen LogP contribution is -2.33. The average Bonchev–Trinajstić information content (AvgIpc) is 2.30. The smallest absolute Gasteiger partial charge is 0.119 e. The highest BCUT2D eigenvalue weighted by atomic mass is 16.5. The second kappa shape index (κ2) is 4.67. The molecule has 1 saturated heterocycles. The number of ether oxygens (including phenoxy) is 1. The molecule has 1 N–H and O–H groups in total. The van der Waals surface area contributed by atoms with Gasteiger partial charge in [-0.05, 0) is 49.0 Å². The van der Waals surface area contributed by atoms with Gasteiger partial charge in [-0.3, -0.25) is 0 Å². The molecule has 0 aliphatic carbocycles. The number of piperidine rings is 1. The van der Waals surface area contributed by atoms with Crippen LogP contribution in [0.3, 0.4) is 0 Å². The van der Waals surface area contributed by atoms with Crippen molar-refractivity contribution in [1.29, 1.82) is 0 Å². The van der Waals surface area contributed by atoms with E-state index in [1.165, 1.54) is 12.0 Å². The molecule has 2 rings (SSSR count). The zero-order valence-corrected chi connectivity index (χ0v) is 9.49. The van der Waals surface area contributed by atoms with Crippen LogP contribution in [-0.2, 0) is 0 Å². The monoisotopic (exact) mass is 205 g/mol. The molecule has 1 aromatic carbocycles. The molecule has 1 fully saturated rings.